The van der Waals surface area contributed by atoms with Crippen LogP contribution in [-0.2, 0) is 13.1 Å². The van der Waals surface area contributed by atoms with Crippen molar-refractivity contribution in [2.24, 2.45) is 0 Å². The number of benzene rings is 1. The zero-order chi connectivity index (χ0) is 25.3. The zero-order valence-electron chi connectivity index (χ0n) is 20.1. The van der Waals surface area contributed by atoms with Crippen molar-refractivity contribution in [3.63, 3.8) is 0 Å². The Hall–Kier alpha value is -3.39. The van der Waals surface area contributed by atoms with Crippen LogP contribution in [0.25, 0.3) is 0 Å². The van der Waals surface area contributed by atoms with Gasteiger partial charge >= 0.3 is 0 Å². The van der Waals surface area contributed by atoms with E-state index in [-0.39, 0.29) is 39.1 Å². The minimum absolute atomic E-state index is 0.0466. The standard InChI is InChI=1S/C25H29ClN2O6/c1-7-27-13(3)9-17(29)21(24(27)31)20(15-11-16(26)23(34-6)19(12-15)33-5)22-18(30)10-14(4)28(8-2)25(22)32/h9-12,20,29-30H,7-8H2,1-6H3. The van der Waals surface area contributed by atoms with Crippen molar-refractivity contribution < 1.29 is 19.7 Å². The van der Waals surface area contributed by atoms with Crippen LogP contribution in [0.1, 0.15) is 47.8 Å². The van der Waals surface area contributed by atoms with Crippen LogP contribution in [0.4, 0.5) is 0 Å². The molecule has 0 aliphatic carbocycles. The molecule has 0 saturated carbocycles. The first-order chi connectivity index (χ1) is 16.1. The van der Waals surface area contributed by atoms with Gasteiger partial charge in [0.05, 0.1) is 36.3 Å². The summed E-state index contributed by atoms with van der Waals surface area (Å²) in [5.41, 5.74) is 0.468. The number of nitrogens with zero attached hydrogens (tertiary/aromatic N) is 2. The Bertz CT molecular complexity index is 1290. The maximum atomic E-state index is 13.6. The molecule has 0 unspecified atom stereocenters. The molecule has 0 aliphatic rings. The van der Waals surface area contributed by atoms with E-state index in [2.05, 4.69) is 0 Å². The van der Waals surface area contributed by atoms with Crippen molar-refractivity contribution in [1.82, 2.24) is 9.13 Å². The fourth-order valence-corrected chi connectivity index (χ4v) is 4.74. The fourth-order valence-electron chi connectivity index (χ4n) is 4.45. The summed E-state index contributed by atoms with van der Waals surface area (Å²) < 4.78 is 13.7. The van der Waals surface area contributed by atoms with Gasteiger partial charge in [-0.2, -0.15) is 0 Å². The lowest BCUT2D eigenvalue weighted by Gasteiger charge is -2.24. The highest BCUT2D eigenvalue weighted by Gasteiger charge is 2.32. The minimum Gasteiger partial charge on any atom is -0.507 e. The van der Waals surface area contributed by atoms with Crippen LogP contribution in [0.3, 0.4) is 0 Å². The number of rotatable bonds is 7. The van der Waals surface area contributed by atoms with E-state index in [1.54, 1.807) is 19.9 Å². The van der Waals surface area contributed by atoms with Gasteiger partial charge in [0.1, 0.15) is 11.5 Å². The Labute approximate surface area is 202 Å². The normalized spacial score (nSPS) is 11.2. The van der Waals surface area contributed by atoms with E-state index in [9.17, 15) is 19.8 Å². The quantitative estimate of drug-likeness (QED) is 0.522. The maximum absolute atomic E-state index is 13.6. The number of methoxy groups -OCH3 is 2. The number of aromatic nitrogens is 2. The van der Waals surface area contributed by atoms with E-state index in [1.807, 2.05) is 13.8 Å². The highest BCUT2D eigenvalue weighted by molar-refractivity contribution is 6.32. The van der Waals surface area contributed by atoms with Gasteiger partial charge in [-0.1, -0.05) is 11.6 Å². The van der Waals surface area contributed by atoms with Crippen LogP contribution in [0.2, 0.25) is 5.02 Å². The number of ether oxygens (including phenoxy) is 2. The summed E-state index contributed by atoms with van der Waals surface area (Å²) in [6.45, 7) is 7.76. The molecule has 0 fully saturated rings. The highest BCUT2D eigenvalue weighted by Crippen LogP contribution is 2.43. The SMILES string of the molecule is CCn1c(C)cc(O)c(C(c2cc(Cl)c(OC)c(OC)c2)c2c(O)cc(C)n(CC)c2=O)c1=O. The van der Waals surface area contributed by atoms with Gasteiger partial charge in [0.15, 0.2) is 11.5 Å². The number of halogens is 1. The van der Waals surface area contributed by atoms with Gasteiger partial charge < -0.3 is 28.8 Å². The molecule has 0 amide bonds. The van der Waals surface area contributed by atoms with Crippen LogP contribution >= 0.6 is 11.6 Å². The number of pyridine rings is 2. The Morgan fingerprint density at radius 3 is 1.71 bits per heavy atom. The van der Waals surface area contributed by atoms with Gasteiger partial charge in [0.25, 0.3) is 11.1 Å². The van der Waals surface area contributed by atoms with E-state index >= 15 is 0 Å². The molecule has 182 valence electrons. The van der Waals surface area contributed by atoms with Crippen molar-refractivity contribution in [3.8, 4) is 23.0 Å². The summed E-state index contributed by atoms with van der Waals surface area (Å²) in [6, 6.07) is 6.06. The predicted octanol–water partition coefficient (Wildman–Crippen LogP) is 3.93. The van der Waals surface area contributed by atoms with E-state index < -0.39 is 17.0 Å². The maximum Gasteiger partial charge on any atom is 0.258 e. The summed E-state index contributed by atoms with van der Waals surface area (Å²) in [4.78, 5) is 27.1. The topological polar surface area (TPSA) is 103 Å². The Kier molecular flexibility index (Phi) is 7.31. The van der Waals surface area contributed by atoms with E-state index in [0.717, 1.165) is 0 Å². The highest BCUT2D eigenvalue weighted by atomic mass is 35.5. The molecule has 0 spiro atoms. The lowest BCUT2D eigenvalue weighted by Crippen LogP contribution is -2.32. The molecule has 2 aromatic heterocycles. The second-order valence-corrected chi connectivity index (χ2v) is 8.35. The van der Waals surface area contributed by atoms with Gasteiger partial charge in [0.2, 0.25) is 0 Å². The number of aryl methyl sites for hydroxylation is 2. The van der Waals surface area contributed by atoms with Gasteiger partial charge in [-0.3, -0.25) is 9.59 Å². The Morgan fingerprint density at radius 1 is 0.853 bits per heavy atom. The fraction of sp³-hybridized carbons (Fsp3) is 0.360. The first kappa shape index (κ1) is 25.2. The number of hydrogen-bond acceptors (Lipinski definition) is 6. The molecule has 0 atom stereocenters. The van der Waals surface area contributed by atoms with Crippen LogP contribution in [0, 0.1) is 13.8 Å². The second-order valence-electron chi connectivity index (χ2n) is 7.94. The Morgan fingerprint density at radius 2 is 1.32 bits per heavy atom. The molecule has 8 nitrogen and oxygen atoms in total. The molecule has 0 bridgehead atoms. The largest absolute Gasteiger partial charge is 0.507 e. The van der Waals surface area contributed by atoms with Gasteiger partial charge in [-0.25, -0.2) is 0 Å². The van der Waals surface area contributed by atoms with Gasteiger partial charge in [0, 0.05) is 24.5 Å². The first-order valence-electron chi connectivity index (χ1n) is 10.9. The molecule has 34 heavy (non-hydrogen) atoms. The van der Waals surface area contributed by atoms with Gasteiger partial charge in [-0.05, 0) is 57.5 Å². The third-order valence-electron chi connectivity index (χ3n) is 6.04. The monoisotopic (exact) mass is 488 g/mol. The van der Waals surface area contributed by atoms with E-state index in [4.69, 9.17) is 21.1 Å². The van der Waals surface area contributed by atoms with Crippen molar-refractivity contribution >= 4 is 11.6 Å². The Balaban J connectivity index is 2.53. The zero-order valence-corrected chi connectivity index (χ0v) is 20.9. The van der Waals surface area contributed by atoms with Crippen molar-refractivity contribution in [2.45, 2.75) is 46.7 Å². The van der Waals surface area contributed by atoms with Crippen LogP contribution in [0.5, 0.6) is 23.0 Å². The van der Waals surface area contributed by atoms with E-state index in [0.29, 0.717) is 30.0 Å². The summed E-state index contributed by atoms with van der Waals surface area (Å²) in [5, 5.41) is 22.1. The summed E-state index contributed by atoms with van der Waals surface area (Å²) >= 11 is 6.46. The van der Waals surface area contributed by atoms with Crippen LogP contribution < -0.4 is 20.6 Å². The third kappa shape index (κ3) is 4.14. The average molecular weight is 489 g/mol. The summed E-state index contributed by atoms with van der Waals surface area (Å²) in [5.74, 6) is -1.14. The molecule has 0 saturated heterocycles. The molecule has 0 radical (unpaired) electrons. The molecular weight excluding hydrogens is 460 g/mol. The number of aromatic hydroxyl groups is 2. The van der Waals surface area contributed by atoms with Gasteiger partial charge in [-0.15, -0.1) is 0 Å². The lowest BCUT2D eigenvalue weighted by molar-refractivity contribution is 0.354. The lowest BCUT2D eigenvalue weighted by atomic mass is 9.84. The molecule has 3 aromatic rings. The molecule has 1 aromatic carbocycles. The summed E-state index contributed by atoms with van der Waals surface area (Å²) in [7, 11) is 2.88. The molecule has 2 heterocycles. The van der Waals surface area contributed by atoms with Crippen molar-refractivity contribution in [1.29, 1.82) is 0 Å². The van der Waals surface area contributed by atoms with Crippen LogP contribution in [-0.4, -0.2) is 33.6 Å². The summed E-state index contributed by atoms with van der Waals surface area (Å²) in [6.07, 6.45) is 0. The molecule has 2 N–H and O–H groups in total. The minimum atomic E-state index is -1.13. The number of hydrogen-bond donors (Lipinski definition) is 2. The first-order valence-corrected chi connectivity index (χ1v) is 11.3. The van der Waals surface area contributed by atoms with E-state index in [1.165, 1.54) is 41.6 Å². The smallest absolute Gasteiger partial charge is 0.258 e. The third-order valence-corrected chi connectivity index (χ3v) is 6.33. The second kappa shape index (κ2) is 9.85. The van der Waals surface area contributed by atoms with Crippen molar-refractivity contribution in [3.05, 3.63) is 78.1 Å². The molecule has 0 aliphatic heterocycles. The molecule has 9 heteroatoms. The average Bonchev–Trinajstić information content (AvgIpc) is 2.77. The van der Waals surface area contributed by atoms with Crippen molar-refractivity contribution in [2.75, 3.05) is 14.2 Å². The molecule has 3 rings (SSSR count). The predicted molar refractivity (Wildman–Crippen MR) is 131 cm³/mol. The van der Waals surface area contributed by atoms with Crippen LogP contribution in [0.15, 0.2) is 33.9 Å². The molecular formula is C25H29ClN2O6.